The van der Waals surface area contributed by atoms with Crippen molar-refractivity contribution in [2.45, 2.75) is 36.6 Å². The lowest BCUT2D eigenvalue weighted by Crippen LogP contribution is -2.47. The molecule has 2 aromatic carbocycles. The smallest absolute Gasteiger partial charge is 0.254 e. The first-order chi connectivity index (χ1) is 15.9. The summed E-state index contributed by atoms with van der Waals surface area (Å²) in [6.45, 7) is 2.99. The zero-order valence-electron chi connectivity index (χ0n) is 19.4. The summed E-state index contributed by atoms with van der Waals surface area (Å²) in [5, 5.41) is 0. The lowest BCUT2D eigenvalue weighted by atomic mass is 10.00. The maximum absolute atomic E-state index is 13.6. The van der Waals surface area contributed by atoms with Crippen LogP contribution < -0.4 is 4.74 Å². The molecule has 2 heterocycles. The second kappa shape index (κ2) is 10.2. The number of rotatable bonds is 5. The van der Waals surface area contributed by atoms with E-state index in [2.05, 4.69) is 4.90 Å². The molecule has 0 N–H and O–H groups in total. The van der Waals surface area contributed by atoms with Crippen molar-refractivity contribution in [3.63, 3.8) is 0 Å². The molecular weight excluding hydrogens is 438 g/mol. The van der Waals surface area contributed by atoms with E-state index in [-0.39, 0.29) is 16.8 Å². The Morgan fingerprint density at radius 1 is 0.939 bits per heavy atom. The molecule has 1 unspecified atom stereocenters. The number of carbonyl (C=O) groups excluding carboxylic acids is 1. The van der Waals surface area contributed by atoms with Gasteiger partial charge in [-0.25, -0.2) is 8.42 Å². The van der Waals surface area contributed by atoms with Gasteiger partial charge in [0.1, 0.15) is 5.75 Å². The molecule has 0 saturated carbocycles. The summed E-state index contributed by atoms with van der Waals surface area (Å²) in [6, 6.07) is 14.4. The monoisotopic (exact) mass is 471 g/mol. The number of carbonyl (C=O) groups is 1. The van der Waals surface area contributed by atoms with Crippen LogP contribution in [-0.2, 0) is 10.0 Å². The number of piperazine rings is 1. The number of sulfonamides is 1. The Morgan fingerprint density at radius 2 is 1.67 bits per heavy atom. The van der Waals surface area contributed by atoms with Crippen LogP contribution in [0.5, 0.6) is 5.75 Å². The second-order valence-corrected chi connectivity index (χ2v) is 10.8. The summed E-state index contributed by atoms with van der Waals surface area (Å²) in [7, 11) is -0.00244. The molecule has 2 aliphatic heterocycles. The zero-order valence-corrected chi connectivity index (χ0v) is 20.3. The molecule has 2 saturated heterocycles. The highest BCUT2D eigenvalue weighted by Crippen LogP contribution is 2.32. The highest BCUT2D eigenvalue weighted by molar-refractivity contribution is 7.89. The minimum Gasteiger partial charge on any atom is -0.497 e. The minimum atomic E-state index is -3.63. The van der Waals surface area contributed by atoms with Crippen LogP contribution in [0.3, 0.4) is 0 Å². The van der Waals surface area contributed by atoms with E-state index in [9.17, 15) is 13.2 Å². The first kappa shape index (κ1) is 23.7. The van der Waals surface area contributed by atoms with E-state index in [0.29, 0.717) is 38.3 Å². The average molecular weight is 472 g/mol. The van der Waals surface area contributed by atoms with Crippen molar-refractivity contribution < 1.29 is 17.9 Å². The molecule has 33 heavy (non-hydrogen) atoms. The second-order valence-electron chi connectivity index (χ2n) is 8.87. The van der Waals surface area contributed by atoms with Gasteiger partial charge < -0.3 is 14.5 Å². The Hall–Kier alpha value is -2.42. The molecule has 0 spiro atoms. The first-order valence-corrected chi connectivity index (χ1v) is 13.1. The molecule has 4 rings (SSSR count). The minimum absolute atomic E-state index is 0.0381. The number of hydrogen-bond acceptors (Lipinski definition) is 5. The molecule has 1 atom stereocenters. The summed E-state index contributed by atoms with van der Waals surface area (Å²) >= 11 is 0. The predicted octanol–water partition coefficient (Wildman–Crippen LogP) is 3.39. The van der Waals surface area contributed by atoms with Crippen LogP contribution in [0.2, 0.25) is 0 Å². The van der Waals surface area contributed by atoms with Crippen molar-refractivity contribution >= 4 is 15.9 Å². The zero-order chi connectivity index (χ0) is 23.4. The fourth-order valence-corrected chi connectivity index (χ4v) is 6.13. The third kappa shape index (κ3) is 5.23. The number of ether oxygens (including phenoxy) is 1. The van der Waals surface area contributed by atoms with Crippen LogP contribution in [0.1, 0.15) is 47.6 Å². The fraction of sp³-hybridized carbons (Fsp3) is 0.480. The van der Waals surface area contributed by atoms with Crippen LogP contribution in [0.15, 0.2) is 53.4 Å². The van der Waals surface area contributed by atoms with E-state index < -0.39 is 10.0 Å². The van der Waals surface area contributed by atoms with Gasteiger partial charge in [0.2, 0.25) is 10.0 Å². The number of benzene rings is 2. The standard InChI is InChI=1S/C25H33N3O4S/c1-26-15-17-27(18-16-26)33(30,31)23-8-6-7-21(19-23)25(29)28-14-5-3-4-9-24(28)20-10-12-22(32-2)13-11-20/h6-8,10-13,19,24H,3-5,9,14-18H2,1-2H3. The van der Waals surface area contributed by atoms with Gasteiger partial charge in [-0.05, 0) is 55.8 Å². The van der Waals surface area contributed by atoms with Crippen molar-refractivity contribution in [2.75, 3.05) is 46.9 Å². The van der Waals surface area contributed by atoms with E-state index in [0.717, 1.165) is 37.0 Å². The van der Waals surface area contributed by atoms with E-state index in [1.54, 1.807) is 31.4 Å². The highest BCUT2D eigenvalue weighted by Gasteiger charge is 2.30. The maximum atomic E-state index is 13.6. The summed E-state index contributed by atoms with van der Waals surface area (Å²) in [4.78, 5) is 17.9. The van der Waals surface area contributed by atoms with E-state index in [1.807, 2.05) is 36.2 Å². The van der Waals surface area contributed by atoms with Gasteiger partial charge in [-0.15, -0.1) is 0 Å². The van der Waals surface area contributed by atoms with Gasteiger partial charge in [0.25, 0.3) is 5.91 Å². The van der Waals surface area contributed by atoms with Crippen molar-refractivity contribution in [1.82, 2.24) is 14.1 Å². The van der Waals surface area contributed by atoms with Crippen molar-refractivity contribution in [3.8, 4) is 5.75 Å². The molecule has 178 valence electrons. The van der Waals surface area contributed by atoms with Gasteiger partial charge in [0, 0.05) is 38.3 Å². The van der Waals surface area contributed by atoms with Crippen molar-refractivity contribution in [2.24, 2.45) is 0 Å². The van der Waals surface area contributed by atoms with E-state index >= 15 is 0 Å². The van der Waals surface area contributed by atoms with Crippen molar-refractivity contribution in [1.29, 1.82) is 0 Å². The summed E-state index contributed by atoms with van der Waals surface area (Å²) < 4.78 is 33.2. The molecule has 0 aliphatic carbocycles. The van der Waals surface area contributed by atoms with Crippen LogP contribution in [0.25, 0.3) is 0 Å². The predicted molar refractivity (Wildman–Crippen MR) is 128 cm³/mol. The molecule has 7 nitrogen and oxygen atoms in total. The summed E-state index contributed by atoms with van der Waals surface area (Å²) in [6.07, 6.45) is 3.96. The Morgan fingerprint density at radius 3 is 2.36 bits per heavy atom. The van der Waals surface area contributed by atoms with Gasteiger partial charge in [-0.2, -0.15) is 4.31 Å². The quantitative estimate of drug-likeness (QED) is 0.669. The van der Waals surface area contributed by atoms with E-state index in [4.69, 9.17) is 4.74 Å². The SMILES string of the molecule is COc1ccc(C2CCCCCN2C(=O)c2cccc(S(=O)(=O)N3CCN(C)CC3)c2)cc1. The van der Waals surface area contributed by atoms with Crippen LogP contribution in [0, 0.1) is 0 Å². The third-order valence-corrected chi connectivity index (χ3v) is 8.59. The van der Waals surface area contributed by atoms with Gasteiger partial charge in [-0.3, -0.25) is 4.79 Å². The molecule has 2 aliphatic rings. The number of nitrogens with zero attached hydrogens (tertiary/aromatic N) is 3. The largest absolute Gasteiger partial charge is 0.497 e. The van der Waals surface area contributed by atoms with Gasteiger partial charge in [0.05, 0.1) is 18.0 Å². The summed E-state index contributed by atoms with van der Waals surface area (Å²) in [5.74, 6) is 0.667. The number of likely N-dealkylation sites (N-methyl/N-ethyl adjacent to an activating group) is 1. The molecule has 8 heteroatoms. The van der Waals surface area contributed by atoms with E-state index in [1.165, 1.54) is 4.31 Å². The first-order valence-electron chi connectivity index (χ1n) is 11.6. The molecular formula is C25H33N3O4S. The van der Waals surface area contributed by atoms with Crippen LogP contribution >= 0.6 is 0 Å². The maximum Gasteiger partial charge on any atom is 0.254 e. The van der Waals surface area contributed by atoms with Gasteiger partial charge in [-0.1, -0.05) is 31.0 Å². The molecule has 2 aromatic rings. The number of methoxy groups -OCH3 is 1. The topological polar surface area (TPSA) is 70.2 Å². The molecule has 1 amide bonds. The number of amides is 1. The highest BCUT2D eigenvalue weighted by atomic mass is 32.2. The molecule has 2 fully saturated rings. The molecule has 0 aromatic heterocycles. The summed E-state index contributed by atoms with van der Waals surface area (Å²) in [5.41, 5.74) is 1.50. The lowest BCUT2D eigenvalue weighted by Gasteiger charge is -2.32. The number of likely N-dealkylation sites (tertiary alicyclic amines) is 1. The lowest BCUT2D eigenvalue weighted by molar-refractivity contribution is 0.0680. The van der Waals surface area contributed by atoms with Crippen molar-refractivity contribution in [3.05, 3.63) is 59.7 Å². The molecule has 0 bridgehead atoms. The molecule has 0 radical (unpaired) electrons. The van der Waals surface area contributed by atoms with Gasteiger partial charge in [0.15, 0.2) is 0 Å². The third-order valence-electron chi connectivity index (χ3n) is 6.70. The number of hydrogen-bond donors (Lipinski definition) is 0. The van der Waals surface area contributed by atoms with Gasteiger partial charge >= 0.3 is 0 Å². The Balaban J connectivity index is 1.60. The Bertz CT molecular complexity index is 1060. The fourth-order valence-electron chi connectivity index (χ4n) is 4.66. The Labute approximate surface area is 197 Å². The van der Waals surface area contributed by atoms with Crippen LogP contribution in [-0.4, -0.2) is 75.3 Å². The Kier molecular flexibility index (Phi) is 7.36. The average Bonchev–Trinajstić information content (AvgIpc) is 3.10. The normalized spacial score (nSPS) is 20.9. The van der Waals surface area contributed by atoms with Crippen LogP contribution in [0.4, 0.5) is 0 Å².